The number of aromatic nitrogens is 4. The summed E-state index contributed by atoms with van der Waals surface area (Å²) in [7, 11) is -3.23. The molecule has 0 bridgehead atoms. The monoisotopic (exact) mass is 442 g/mol. The maximum absolute atomic E-state index is 12.8. The predicted octanol–water partition coefficient (Wildman–Crippen LogP) is 1.67. The van der Waals surface area contributed by atoms with Crippen LogP contribution in [0.2, 0.25) is 0 Å². The number of benzene rings is 1. The molecule has 162 valence electrons. The largest absolute Gasteiger partial charge is 0.437 e. The van der Waals surface area contributed by atoms with E-state index in [0.29, 0.717) is 54.9 Å². The topological polar surface area (TPSA) is 111 Å². The van der Waals surface area contributed by atoms with Gasteiger partial charge in [0, 0.05) is 37.8 Å². The van der Waals surface area contributed by atoms with E-state index in [1.54, 1.807) is 35.5 Å². The average Bonchev–Trinajstić information content (AvgIpc) is 3.52. The summed E-state index contributed by atoms with van der Waals surface area (Å²) in [5.41, 5.74) is 1.89. The summed E-state index contributed by atoms with van der Waals surface area (Å²) in [5.74, 6) is 0.784. The first-order chi connectivity index (χ1) is 14.9. The Balaban J connectivity index is 1.28. The maximum Gasteiger partial charge on any atom is 0.253 e. The van der Waals surface area contributed by atoms with Crippen LogP contribution in [0.25, 0.3) is 11.2 Å². The summed E-state index contributed by atoms with van der Waals surface area (Å²) >= 11 is 0. The third-order valence-electron chi connectivity index (χ3n) is 5.58. The standard InChI is InChI=1S/C20H22N6O4S/c1-31(28,29)25-10-8-24(9-11-25)20(27)14-2-6-16(7-3-14)30-19-17-18(21-12-22-19)26(13-23-17)15-4-5-15/h2-3,6-7,12-13,15H,4-5,8-11H2,1H3. The fourth-order valence-electron chi connectivity index (χ4n) is 3.71. The molecule has 2 fully saturated rings. The van der Waals surface area contributed by atoms with Crippen LogP contribution in [0.5, 0.6) is 11.6 Å². The van der Waals surface area contributed by atoms with Gasteiger partial charge in [-0.25, -0.2) is 18.4 Å². The minimum absolute atomic E-state index is 0.132. The number of piperazine rings is 1. The van der Waals surface area contributed by atoms with Gasteiger partial charge in [0.1, 0.15) is 12.1 Å². The molecule has 0 unspecified atom stereocenters. The number of hydrogen-bond donors (Lipinski definition) is 0. The van der Waals surface area contributed by atoms with E-state index in [1.165, 1.54) is 16.9 Å². The molecule has 1 aromatic carbocycles. The van der Waals surface area contributed by atoms with E-state index in [1.807, 2.05) is 0 Å². The van der Waals surface area contributed by atoms with Crippen LogP contribution >= 0.6 is 0 Å². The van der Waals surface area contributed by atoms with Gasteiger partial charge in [-0.3, -0.25) is 4.79 Å². The smallest absolute Gasteiger partial charge is 0.253 e. The Bertz CT molecular complexity index is 1230. The number of carbonyl (C=O) groups is 1. The second-order valence-corrected chi connectivity index (χ2v) is 9.80. The molecule has 1 amide bonds. The van der Waals surface area contributed by atoms with Crippen molar-refractivity contribution >= 4 is 27.1 Å². The van der Waals surface area contributed by atoms with Crippen LogP contribution in [0.3, 0.4) is 0 Å². The van der Waals surface area contributed by atoms with E-state index >= 15 is 0 Å². The highest BCUT2D eigenvalue weighted by Crippen LogP contribution is 2.37. The molecule has 0 atom stereocenters. The highest BCUT2D eigenvalue weighted by atomic mass is 32.2. The molecule has 2 aliphatic rings. The van der Waals surface area contributed by atoms with Gasteiger partial charge >= 0.3 is 0 Å². The minimum Gasteiger partial charge on any atom is -0.437 e. The number of carbonyl (C=O) groups excluding carboxylic acids is 1. The van der Waals surface area contributed by atoms with Crippen molar-refractivity contribution in [3.8, 4) is 11.6 Å². The lowest BCUT2D eigenvalue weighted by molar-refractivity contribution is 0.0698. The number of nitrogens with zero attached hydrogens (tertiary/aromatic N) is 6. The first-order valence-corrected chi connectivity index (χ1v) is 11.9. The first-order valence-electron chi connectivity index (χ1n) is 10.1. The molecule has 0 radical (unpaired) electrons. The molecule has 11 heteroatoms. The average molecular weight is 443 g/mol. The normalized spacial score (nSPS) is 17.8. The fourth-order valence-corrected chi connectivity index (χ4v) is 4.53. The molecule has 1 saturated carbocycles. The molecule has 1 saturated heterocycles. The fraction of sp³-hybridized carbons (Fsp3) is 0.400. The van der Waals surface area contributed by atoms with Gasteiger partial charge in [-0.2, -0.15) is 9.29 Å². The summed E-state index contributed by atoms with van der Waals surface area (Å²) < 4.78 is 32.6. The molecule has 5 rings (SSSR count). The Morgan fingerprint density at radius 2 is 1.74 bits per heavy atom. The van der Waals surface area contributed by atoms with Gasteiger partial charge in [-0.05, 0) is 37.1 Å². The molecule has 3 heterocycles. The lowest BCUT2D eigenvalue weighted by Crippen LogP contribution is -2.50. The summed E-state index contributed by atoms with van der Waals surface area (Å²) in [6, 6.07) is 7.28. The van der Waals surface area contributed by atoms with Crippen molar-refractivity contribution in [1.82, 2.24) is 28.7 Å². The SMILES string of the molecule is CS(=O)(=O)N1CCN(C(=O)c2ccc(Oc3ncnc4c3ncn4C3CC3)cc2)CC1. The zero-order valence-corrected chi connectivity index (χ0v) is 17.8. The molecule has 1 aliphatic heterocycles. The van der Waals surface area contributed by atoms with E-state index in [-0.39, 0.29) is 5.91 Å². The maximum atomic E-state index is 12.8. The van der Waals surface area contributed by atoms with Crippen molar-refractivity contribution in [3.05, 3.63) is 42.5 Å². The zero-order chi connectivity index (χ0) is 21.6. The van der Waals surface area contributed by atoms with Gasteiger partial charge in [0.05, 0.1) is 12.6 Å². The number of imidazole rings is 1. The van der Waals surface area contributed by atoms with Gasteiger partial charge in [-0.1, -0.05) is 0 Å². The third kappa shape index (κ3) is 3.98. The highest BCUT2D eigenvalue weighted by Gasteiger charge is 2.28. The lowest BCUT2D eigenvalue weighted by atomic mass is 10.2. The number of hydrogen-bond acceptors (Lipinski definition) is 7. The van der Waals surface area contributed by atoms with E-state index in [0.717, 1.165) is 18.5 Å². The zero-order valence-electron chi connectivity index (χ0n) is 17.0. The molecule has 3 aromatic rings. The van der Waals surface area contributed by atoms with Crippen LogP contribution in [-0.2, 0) is 10.0 Å². The number of rotatable bonds is 5. The Kier molecular flexibility index (Phi) is 4.86. The Morgan fingerprint density at radius 3 is 2.39 bits per heavy atom. The Labute approximate surface area is 179 Å². The van der Waals surface area contributed by atoms with Crippen molar-refractivity contribution in [2.75, 3.05) is 32.4 Å². The first kappa shape index (κ1) is 19.9. The van der Waals surface area contributed by atoms with Crippen LogP contribution in [0.15, 0.2) is 36.9 Å². The van der Waals surface area contributed by atoms with Gasteiger partial charge in [0.25, 0.3) is 11.8 Å². The van der Waals surface area contributed by atoms with Crippen molar-refractivity contribution in [1.29, 1.82) is 0 Å². The van der Waals surface area contributed by atoms with Crippen LogP contribution in [0.4, 0.5) is 0 Å². The van der Waals surface area contributed by atoms with E-state index in [2.05, 4.69) is 19.5 Å². The lowest BCUT2D eigenvalue weighted by Gasteiger charge is -2.33. The van der Waals surface area contributed by atoms with Crippen molar-refractivity contribution < 1.29 is 17.9 Å². The quantitative estimate of drug-likeness (QED) is 0.591. The predicted molar refractivity (Wildman–Crippen MR) is 112 cm³/mol. The van der Waals surface area contributed by atoms with Crippen LogP contribution < -0.4 is 4.74 Å². The molecule has 31 heavy (non-hydrogen) atoms. The number of sulfonamides is 1. The molecule has 0 spiro atoms. The van der Waals surface area contributed by atoms with Crippen molar-refractivity contribution in [2.45, 2.75) is 18.9 Å². The van der Waals surface area contributed by atoms with Gasteiger partial charge in [-0.15, -0.1) is 0 Å². The Hall–Kier alpha value is -3.05. The van der Waals surface area contributed by atoms with Gasteiger partial charge in [0.15, 0.2) is 11.2 Å². The van der Waals surface area contributed by atoms with E-state index < -0.39 is 10.0 Å². The molecular formula is C20H22N6O4S. The van der Waals surface area contributed by atoms with Crippen molar-refractivity contribution in [2.24, 2.45) is 0 Å². The van der Waals surface area contributed by atoms with E-state index in [9.17, 15) is 13.2 Å². The molecule has 1 aliphatic carbocycles. The third-order valence-corrected chi connectivity index (χ3v) is 6.88. The number of ether oxygens (including phenoxy) is 1. The van der Waals surface area contributed by atoms with Crippen LogP contribution in [0, 0.1) is 0 Å². The summed E-state index contributed by atoms with van der Waals surface area (Å²) in [4.78, 5) is 27.4. The Morgan fingerprint density at radius 1 is 1.03 bits per heavy atom. The van der Waals surface area contributed by atoms with Crippen LogP contribution in [-0.4, -0.2) is 75.5 Å². The van der Waals surface area contributed by atoms with Gasteiger partial charge in [0.2, 0.25) is 10.0 Å². The number of amides is 1. The van der Waals surface area contributed by atoms with E-state index in [4.69, 9.17) is 4.74 Å². The second kappa shape index (κ2) is 7.57. The van der Waals surface area contributed by atoms with Crippen LogP contribution in [0.1, 0.15) is 29.2 Å². The number of fused-ring (bicyclic) bond motifs is 1. The van der Waals surface area contributed by atoms with Crippen molar-refractivity contribution in [3.63, 3.8) is 0 Å². The summed E-state index contributed by atoms with van der Waals surface area (Å²) in [5, 5.41) is 0. The molecule has 0 N–H and O–H groups in total. The molecular weight excluding hydrogens is 420 g/mol. The highest BCUT2D eigenvalue weighted by molar-refractivity contribution is 7.88. The second-order valence-electron chi connectivity index (χ2n) is 7.81. The molecule has 10 nitrogen and oxygen atoms in total. The minimum atomic E-state index is -3.23. The summed E-state index contributed by atoms with van der Waals surface area (Å²) in [6.45, 7) is 1.35. The molecule has 2 aromatic heterocycles. The van der Waals surface area contributed by atoms with Gasteiger partial charge < -0.3 is 14.2 Å². The summed E-state index contributed by atoms with van der Waals surface area (Å²) in [6.07, 6.45) is 6.68.